The number of nitrogens with zero attached hydrogens (tertiary/aromatic N) is 1. The van der Waals surface area contributed by atoms with E-state index in [2.05, 4.69) is 19.0 Å². The molecule has 2 N–H and O–H groups in total. The van der Waals surface area contributed by atoms with E-state index >= 15 is 0 Å². The fourth-order valence-corrected chi connectivity index (χ4v) is 1.93. The first-order valence-corrected chi connectivity index (χ1v) is 4.60. The van der Waals surface area contributed by atoms with Crippen molar-refractivity contribution < 1.29 is 0 Å². The maximum Gasteiger partial charge on any atom is 0.00793 e. The smallest absolute Gasteiger partial charge is 0.00793 e. The van der Waals surface area contributed by atoms with Gasteiger partial charge in [0.1, 0.15) is 0 Å². The third-order valence-corrected chi connectivity index (χ3v) is 2.57. The molecule has 11 heavy (non-hydrogen) atoms. The standard InChI is InChI=1S/C9H20N2/c1-11(2)7-8-5-3-4-6-9(8)10/h8-9H,3-7,10H2,1-2H3. The minimum absolute atomic E-state index is 0.464. The van der Waals surface area contributed by atoms with Gasteiger partial charge in [0.15, 0.2) is 0 Å². The molecule has 2 unspecified atom stereocenters. The topological polar surface area (TPSA) is 29.3 Å². The summed E-state index contributed by atoms with van der Waals surface area (Å²) < 4.78 is 0. The lowest BCUT2D eigenvalue weighted by molar-refractivity contribution is 0.235. The Hall–Kier alpha value is -0.0800. The van der Waals surface area contributed by atoms with Crippen LogP contribution >= 0.6 is 0 Å². The van der Waals surface area contributed by atoms with Crippen molar-refractivity contribution in [2.45, 2.75) is 31.7 Å². The Kier molecular flexibility index (Phi) is 3.34. The van der Waals surface area contributed by atoms with Crippen LogP contribution in [0.3, 0.4) is 0 Å². The van der Waals surface area contributed by atoms with Crippen molar-refractivity contribution in [3.05, 3.63) is 0 Å². The lowest BCUT2D eigenvalue weighted by atomic mass is 9.85. The van der Waals surface area contributed by atoms with Gasteiger partial charge in [-0.2, -0.15) is 0 Å². The molecule has 0 spiro atoms. The van der Waals surface area contributed by atoms with Crippen LogP contribution in [0.5, 0.6) is 0 Å². The van der Waals surface area contributed by atoms with Gasteiger partial charge in [-0.25, -0.2) is 0 Å². The molecule has 1 fully saturated rings. The summed E-state index contributed by atoms with van der Waals surface area (Å²) in [7, 11) is 4.25. The number of hydrogen-bond acceptors (Lipinski definition) is 2. The number of nitrogens with two attached hydrogens (primary N) is 1. The molecule has 0 aliphatic heterocycles. The van der Waals surface area contributed by atoms with E-state index in [1.165, 1.54) is 32.2 Å². The van der Waals surface area contributed by atoms with Crippen molar-refractivity contribution in [1.29, 1.82) is 0 Å². The van der Waals surface area contributed by atoms with Gasteiger partial charge in [0.2, 0.25) is 0 Å². The molecular weight excluding hydrogens is 136 g/mol. The van der Waals surface area contributed by atoms with Crippen LogP contribution in [0.2, 0.25) is 0 Å². The predicted octanol–water partition coefficient (Wildman–Crippen LogP) is 1.07. The fraction of sp³-hybridized carbons (Fsp3) is 1.00. The van der Waals surface area contributed by atoms with E-state index in [4.69, 9.17) is 5.73 Å². The average Bonchev–Trinajstić information content (AvgIpc) is 1.93. The molecule has 66 valence electrons. The van der Waals surface area contributed by atoms with Gasteiger partial charge in [-0.3, -0.25) is 0 Å². The van der Waals surface area contributed by atoms with Crippen LogP contribution in [-0.2, 0) is 0 Å². The first-order chi connectivity index (χ1) is 5.20. The van der Waals surface area contributed by atoms with E-state index in [0.29, 0.717) is 6.04 Å². The molecule has 0 aromatic carbocycles. The summed E-state index contributed by atoms with van der Waals surface area (Å²) in [5.41, 5.74) is 6.00. The first-order valence-electron chi connectivity index (χ1n) is 4.60. The second-order valence-corrected chi connectivity index (χ2v) is 3.97. The molecule has 2 nitrogen and oxygen atoms in total. The van der Waals surface area contributed by atoms with Crippen LogP contribution in [0.25, 0.3) is 0 Å². The molecule has 1 saturated carbocycles. The van der Waals surface area contributed by atoms with E-state index in [-0.39, 0.29) is 0 Å². The second-order valence-electron chi connectivity index (χ2n) is 3.97. The number of hydrogen-bond donors (Lipinski definition) is 1. The third kappa shape index (κ3) is 2.80. The van der Waals surface area contributed by atoms with Crippen molar-refractivity contribution in [2.75, 3.05) is 20.6 Å². The highest BCUT2D eigenvalue weighted by molar-refractivity contribution is 4.79. The summed E-state index contributed by atoms with van der Waals surface area (Å²) in [4.78, 5) is 2.25. The normalized spacial score (nSPS) is 32.7. The SMILES string of the molecule is CN(C)CC1CCCCC1N. The molecule has 2 heteroatoms. The van der Waals surface area contributed by atoms with Crippen LogP contribution in [0, 0.1) is 5.92 Å². The van der Waals surface area contributed by atoms with E-state index in [1.807, 2.05) is 0 Å². The first kappa shape index (κ1) is 9.01. The molecular formula is C9H20N2. The lowest BCUT2D eigenvalue weighted by Crippen LogP contribution is -2.38. The summed E-state index contributed by atoms with van der Waals surface area (Å²) >= 11 is 0. The largest absolute Gasteiger partial charge is 0.327 e. The Bertz CT molecular complexity index is 112. The zero-order valence-corrected chi connectivity index (χ0v) is 7.71. The predicted molar refractivity (Wildman–Crippen MR) is 48.5 cm³/mol. The summed E-state index contributed by atoms with van der Waals surface area (Å²) in [6, 6.07) is 0.464. The highest BCUT2D eigenvalue weighted by Crippen LogP contribution is 2.22. The van der Waals surface area contributed by atoms with Crippen LogP contribution < -0.4 is 5.73 Å². The van der Waals surface area contributed by atoms with Crippen LogP contribution in [0.15, 0.2) is 0 Å². The van der Waals surface area contributed by atoms with E-state index in [9.17, 15) is 0 Å². The zero-order valence-electron chi connectivity index (χ0n) is 7.71. The summed E-state index contributed by atoms with van der Waals surface area (Å²) in [5.74, 6) is 0.749. The van der Waals surface area contributed by atoms with Gasteiger partial charge < -0.3 is 10.6 Å². The van der Waals surface area contributed by atoms with E-state index in [1.54, 1.807) is 0 Å². The van der Waals surface area contributed by atoms with Crippen molar-refractivity contribution >= 4 is 0 Å². The number of rotatable bonds is 2. The van der Waals surface area contributed by atoms with Gasteiger partial charge in [0.25, 0.3) is 0 Å². The molecule has 2 atom stereocenters. The Morgan fingerprint density at radius 3 is 2.45 bits per heavy atom. The Balaban J connectivity index is 2.29. The summed E-state index contributed by atoms with van der Waals surface area (Å²) in [5, 5.41) is 0. The highest BCUT2D eigenvalue weighted by Gasteiger charge is 2.21. The minimum Gasteiger partial charge on any atom is -0.327 e. The molecule has 0 bridgehead atoms. The van der Waals surface area contributed by atoms with Crippen LogP contribution in [-0.4, -0.2) is 31.6 Å². The maximum absolute atomic E-state index is 6.00. The van der Waals surface area contributed by atoms with Crippen LogP contribution in [0.4, 0.5) is 0 Å². The summed E-state index contributed by atoms with van der Waals surface area (Å²) in [6.45, 7) is 1.17. The monoisotopic (exact) mass is 156 g/mol. The third-order valence-electron chi connectivity index (χ3n) is 2.57. The maximum atomic E-state index is 6.00. The molecule has 0 amide bonds. The van der Waals surface area contributed by atoms with Crippen molar-refractivity contribution in [3.63, 3.8) is 0 Å². The molecule has 0 aromatic heterocycles. The lowest BCUT2D eigenvalue weighted by Gasteiger charge is -2.30. The van der Waals surface area contributed by atoms with Gasteiger partial charge in [0, 0.05) is 12.6 Å². The quantitative estimate of drug-likeness (QED) is 0.648. The van der Waals surface area contributed by atoms with Gasteiger partial charge in [-0.1, -0.05) is 12.8 Å². The minimum atomic E-state index is 0.464. The molecule has 0 saturated heterocycles. The average molecular weight is 156 g/mol. The Labute approximate surface area is 69.8 Å². The molecule has 1 rings (SSSR count). The molecule has 1 aliphatic rings. The van der Waals surface area contributed by atoms with Crippen LogP contribution in [0.1, 0.15) is 25.7 Å². The fourth-order valence-electron chi connectivity index (χ4n) is 1.93. The summed E-state index contributed by atoms with van der Waals surface area (Å²) in [6.07, 6.45) is 5.29. The van der Waals surface area contributed by atoms with Gasteiger partial charge in [-0.15, -0.1) is 0 Å². The van der Waals surface area contributed by atoms with Gasteiger partial charge in [0.05, 0.1) is 0 Å². The van der Waals surface area contributed by atoms with E-state index in [0.717, 1.165) is 5.92 Å². The van der Waals surface area contributed by atoms with Gasteiger partial charge in [-0.05, 0) is 32.9 Å². The highest BCUT2D eigenvalue weighted by atomic mass is 15.1. The van der Waals surface area contributed by atoms with E-state index < -0.39 is 0 Å². The molecule has 0 heterocycles. The Morgan fingerprint density at radius 2 is 1.91 bits per heavy atom. The van der Waals surface area contributed by atoms with Crippen molar-refractivity contribution in [2.24, 2.45) is 11.7 Å². The Morgan fingerprint density at radius 1 is 1.27 bits per heavy atom. The molecule has 0 radical (unpaired) electrons. The zero-order chi connectivity index (χ0) is 8.27. The van der Waals surface area contributed by atoms with Crippen molar-refractivity contribution in [1.82, 2.24) is 4.90 Å². The molecule has 0 aromatic rings. The second kappa shape index (κ2) is 4.07. The van der Waals surface area contributed by atoms with Crippen molar-refractivity contribution in [3.8, 4) is 0 Å². The van der Waals surface area contributed by atoms with Gasteiger partial charge >= 0.3 is 0 Å². The molecule has 1 aliphatic carbocycles.